The Labute approximate surface area is 130 Å². The molecule has 3 N–H and O–H groups in total. The van der Waals surface area contributed by atoms with Crippen LogP contribution in [0.2, 0.25) is 0 Å². The van der Waals surface area contributed by atoms with Gasteiger partial charge in [0.1, 0.15) is 15.5 Å². The predicted octanol–water partition coefficient (Wildman–Crippen LogP) is 2.82. The summed E-state index contributed by atoms with van der Waals surface area (Å²) >= 11 is 1.22. The molecular weight excluding hydrogens is 302 g/mol. The number of hydrogen-bond donors (Lipinski definition) is 2. The normalized spacial score (nSPS) is 10.8. The maximum atomic E-state index is 11.9. The summed E-state index contributed by atoms with van der Waals surface area (Å²) in [6, 6.07) is 8.31. The van der Waals surface area contributed by atoms with Gasteiger partial charge >= 0.3 is 5.97 Å². The Morgan fingerprint density at radius 3 is 2.73 bits per heavy atom. The summed E-state index contributed by atoms with van der Waals surface area (Å²) in [6.45, 7) is 2.07. The molecule has 0 aliphatic carbocycles. The fourth-order valence-electron chi connectivity index (χ4n) is 2.08. The van der Waals surface area contributed by atoms with Crippen LogP contribution in [0.3, 0.4) is 0 Å². The topological polar surface area (TPSA) is 98.3 Å². The molecule has 0 amide bonds. The first kappa shape index (κ1) is 14.3. The van der Waals surface area contributed by atoms with Crippen LogP contribution in [-0.4, -0.2) is 27.7 Å². The van der Waals surface area contributed by atoms with E-state index >= 15 is 0 Å². The number of hydrogen-bond acceptors (Lipinski definition) is 7. The maximum absolute atomic E-state index is 11.9. The lowest BCUT2D eigenvalue weighted by Gasteiger charge is -2.03. The molecule has 2 heterocycles. The highest BCUT2D eigenvalue weighted by Crippen LogP contribution is 2.33. The van der Waals surface area contributed by atoms with Gasteiger partial charge in [-0.1, -0.05) is 0 Å². The quantitative estimate of drug-likeness (QED) is 0.721. The third-order valence-corrected chi connectivity index (χ3v) is 4.04. The molecule has 7 heteroatoms. The molecule has 0 unspecified atom stereocenters. The summed E-state index contributed by atoms with van der Waals surface area (Å²) in [7, 11) is 0. The molecule has 3 aromatic rings. The van der Waals surface area contributed by atoms with Gasteiger partial charge in [-0.3, -0.25) is 0 Å². The number of aromatic hydroxyl groups is 1. The molecule has 2 aromatic heterocycles. The van der Waals surface area contributed by atoms with Gasteiger partial charge in [0.15, 0.2) is 0 Å². The van der Waals surface area contributed by atoms with Crippen molar-refractivity contribution in [1.29, 1.82) is 0 Å². The van der Waals surface area contributed by atoms with Gasteiger partial charge in [-0.15, -0.1) is 11.3 Å². The fraction of sp³-hybridized carbons (Fsp3) is 0.133. The number of aromatic nitrogens is 2. The number of ether oxygens (including phenoxy) is 1. The number of nitrogens with two attached hydrogens (primary N) is 1. The van der Waals surface area contributed by atoms with Crippen molar-refractivity contribution in [3.05, 3.63) is 35.2 Å². The van der Waals surface area contributed by atoms with Crippen LogP contribution in [0.5, 0.6) is 5.75 Å². The number of fused-ring (bicyclic) bond motifs is 1. The molecule has 0 fully saturated rings. The highest BCUT2D eigenvalue weighted by atomic mass is 32.1. The number of esters is 1. The lowest BCUT2D eigenvalue weighted by atomic mass is 10.1. The standard InChI is InChI=1S/C15H13N3O3S/c1-2-21-14(20)11-7-10-12(8-3-5-9(19)6-4-8)17-15(16)18-13(10)22-11/h3-7,19H,2H2,1H3,(H2,16,17,18). The smallest absolute Gasteiger partial charge is 0.348 e. The van der Waals surface area contributed by atoms with Crippen molar-refractivity contribution < 1.29 is 14.6 Å². The first-order valence-corrected chi connectivity index (χ1v) is 7.43. The maximum Gasteiger partial charge on any atom is 0.348 e. The number of nitrogen functional groups attached to an aromatic ring is 1. The predicted molar refractivity (Wildman–Crippen MR) is 84.9 cm³/mol. The average Bonchev–Trinajstić information content (AvgIpc) is 2.91. The van der Waals surface area contributed by atoms with Crippen LogP contribution in [0.25, 0.3) is 21.5 Å². The van der Waals surface area contributed by atoms with Gasteiger partial charge in [-0.25, -0.2) is 14.8 Å². The van der Waals surface area contributed by atoms with E-state index < -0.39 is 0 Å². The van der Waals surface area contributed by atoms with E-state index in [-0.39, 0.29) is 17.7 Å². The van der Waals surface area contributed by atoms with Gasteiger partial charge < -0.3 is 15.6 Å². The molecule has 22 heavy (non-hydrogen) atoms. The minimum Gasteiger partial charge on any atom is -0.508 e. The summed E-state index contributed by atoms with van der Waals surface area (Å²) in [6.07, 6.45) is 0. The van der Waals surface area contributed by atoms with Gasteiger partial charge in [0, 0.05) is 10.9 Å². The van der Waals surface area contributed by atoms with Crippen LogP contribution in [0.15, 0.2) is 30.3 Å². The second kappa shape index (κ2) is 5.61. The molecule has 0 bridgehead atoms. The monoisotopic (exact) mass is 315 g/mol. The van der Waals surface area contributed by atoms with Gasteiger partial charge in [-0.05, 0) is 37.3 Å². The minimum absolute atomic E-state index is 0.132. The first-order chi connectivity index (χ1) is 10.6. The Kier molecular flexibility index (Phi) is 3.64. The van der Waals surface area contributed by atoms with E-state index in [4.69, 9.17) is 10.5 Å². The Balaban J connectivity index is 2.17. The van der Waals surface area contributed by atoms with Gasteiger partial charge in [-0.2, -0.15) is 0 Å². The number of thiophene rings is 1. The lowest BCUT2D eigenvalue weighted by Crippen LogP contribution is -2.01. The number of phenolic OH excluding ortho intramolecular Hbond substituents is 1. The van der Waals surface area contributed by atoms with Crippen LogP contribution in [0.1, 0.15) is 16.6 Å². The van der Waals surface area contributed by atoms with E-state index in [1.807, 2.05) is 0 Å². The van der Waals surface area contributed by atoms with Crippen LogP contribution in [0.4, 0.5) is 5.95 Å². The molecular formula is C15H13N3O3S. The number of carbonyl (C=O) groups is 1. The van der Waals surface area contributed by atoms with Crippen molar-refractivity contribution in [2.75, 3.05) is 12.3 Å². The van der Waals surface area contributed by atoms with Crippen LogP contribution in [-0.2, 0) is 4.74 Å². The molecule has 0 radical (unpaired) electrons. The molecule has 0 aliphatic heterocycles. The Morgan fingerprint density at radius 1 is 1.32 bits per heavy atom. The van der Waals surface area contributed by atoms with E-state index in [1.54, 1.807) is 37.3 Å². The van der Waals surface area contributed by atoms with Crippen molar-refractivity contribution in [2.45, 2.75) is 6.92 Å². The molecule has 112 valence electrons. The number of phenols is 1. The SMILES string of the molecule is CCOC(=O)c1cc2c(-c3ccc(O)cc3)nc(N)nc2s1. The molecule has 0 spiro atoms. The number of carbonyl (C=O) groups excluding carboxylic acids is 1. The molecule has 1 aromatic carbocycles. The highest BCUT2D eigenvalue weighted by Gasteiger charge is 2.16. The third-order valence-electron chi connectivity index (χ3n) is 3.03. The van der Waals surface area contributed by atoms with Crippen molar-refractivity contribution in [3.63, 3.8) is 0 Å². The highest BCUT2D eigenvalue weighted by molar-refractivity contribution is 7.20. The summed E-state index contributed by atoms with van der Waals surface area (Å²) < 4.78 is 5.01. The van der Waals surface area contributed by atoms with Crippen molar-refractivity contribution in [2.24, 2.45) is 0 Å². The van der Waals surface area contributed by atoms with Crippen molar-refractivity contribution in [1.82, 2.24) is 9.97 Å². The molecule has 0 saturated carbocycles. The zero-order chi connectivity index (χ0) is 15.7. The van der Waals surface area contributed by atoms with Crippen LogP contribution < -0.4 is 5.73 Å². The Hall–Kier alpha value is -2.67. The van der Waals surface area contributed by atoms with E-state index in [9.17, 15) is 9.90 Å². The van der Waals surface area contributed by atoms with E-state index in [1.165, 1.54) is 11.3 Å². The average molecular weight is 315 g/mol. The number of nitrogens with zero attached hydrogens (tertiary/aromatic N) is 2. The first-order valence-electron chi connectivity index (χ1n) is 6.62. The van der Waals surface area contributed by atoms with E-state index in [0.29, 0.717) is 22.0 Å². The minimum atomic E-state index is -0.388. The summed E-state index contributed by atoms with van der Waals surface area (Å²) in [5, 5.41) is 10.1. The summed E-state index contributed by atoms with van der Waals surface area (Å²) in [5.41, 5.74) is 7.16. The third kappa shape index (κ3) is 2.58. The summed E-state index contributed by atoms with van der Waals surface area (Å²) in [5.74, 6) is -0.0897. The Morgan fingerprint density at radius 2 is 2.05 bits per heavy atom. The van der Waals surface area contributed by atoms with Crippen LogP contribution in [0, 0.1) is 0 Å². The van der Waals surface area contributed by atoms with Gasteiger partial charge in [0.25, 0.3) is 0 Å². The molecule has 0 aliphatic rings. The van der Waals surface area contributed by atoms with E-state index in [2.05, 4.69) is 9.97 Å². The number of benzene rings is 1. The van der Waals surface area contributed by atoms with E-state index in [0.717, 1.165) is 10.9 Å². The van der Waals surface area contributed by atoms with Crippen LogP contribution >= 0.6 is 11.3 Å². The van der Waals surface area contributed by atoms with Crippen molar-refractivity contribution >= 4 is 33.5 Å². The second-order valence-corrected chi connectivity index (χ2v) is 5.56. The van der Waals surface area contributed by atoms with Gasteiger partial charge in [0.05, 0.1) is 12.3 Å². The number of anilines is 1. The molecule has 6 nitrogen and oxygen atoms in total. The fourth-order valence-corrected chi connectivity index (χ4v) is 3.01. The number of rotatable bonds is 3. The zero-order valence-corrected chi connectivity index (χ0v) is 12.6. The molecule has 3 rings (SSSR count). The summed E-state index contributed by atoms with van der Waals surface area (Å²) in [4.78, 5) is 21.4. The largest absolute Gasteiger partial charge is 0.508 e. The van der Waals surface area contributed by atoms with Gasteiger partial charge in [0.2, 0.25) is 5.95 Å². The zero-order valence-electron chi connectivity index (χ0n) is 11.7. The Bertz CT molecular complexity index is 843. The molecule has 0 atom stereocenters. The second-order valence-electron chi connectivity index (χ2n) is 4.53. The van der Waals surface area contributed by atoms with Crippen molar-refractivity contribution in [3.8, 4) is 17.0 Å². The lowest BCUT2D eigenvalue weighted by molar-refractivity contribution is 0.0532. The molecule has 0 saturated heterocycles.